The molecule has 1 aliphatic heterocycles. The van der Waals surface area contributed by atoms with Crippen LogP contribution in [-0.2, 0) is 16.0 Å². The molecule has 1 aliphatic rings. The molecule has 2 aromatic rings. The van der Waals surface area contributed by atoms with Gasteiger partial charge in [0.25, 0.3) is 0 Å². The first-order chi connectivity index (χ1) is 14.0. The average molecular weight is 432 g/mol. The largest absolute Gasteiger partial charge is 0.354 e. The van der Waals surface area contributed by atoms with Crippen molar-refractivity contribution in [2.75, 3.05) is 19.6 Å². The van der Waals surface area contributed by atoms with Crippen molar-refractivity contribution in [2.45, 2.75) is 45.6 Å². The van der Waals surface area contributed by atoms with Gasteiger partial charge in [-0.1, -0.05) is 56.3 Å². The second kappa shape index (κ2) is 11.9. The number of halogens is 1. The van der Waals surface area contributed by atoms with Gasteiger partial charge in [0.1, 0.15) is 6.04 Å². The smallest absolute Gasteiger partial charge is 0.242 e. The van der Waals surface area contributed by atoms with Crippen LogP contribution in [-0.4, -0.2) is 37.5 Å². The van der Waals surface area contributed by atoms with Crippen molar-refractivity contribution in [2.24, 2.45) is 11.8 Å². The average Bonchev–Trinajstić information content (AvgIpc) is 2.72. The molecule has 0 saturated carbocycles. The summed E-state index contributed by atoms with van der Waals surface area (Å²) in [4.78, 5) is 25.2. The van der Waals surface area contributed by atoms with E-state index in [1.54, 1.807) is 0 Å². The molecule has 3 rings (SSSR count). The molecule has 2 aromatic carbocycles. The quantitative estimate of drug-likeness (QED) is 0.599. The summed E-state index contributed by atoms with van der Waals surface area (Å²) in [5, 5.41) is 11.6. The monoisotopic (exact) mass is 431 g/mol. The van der Waals surface area contributed by atoms with Crippen LogP contribution in [0.3, 0.4) is 0 Å². The van der Waals surface area contributed by atoms with Gasteiger partial charge in [0.05, 0.1) is 6.42 Å². The van der Waals surface area contributed by atoms with Gasteiger partial charge in [0.15, 0.2) is 0 Å². The fraction of sp³-hybridized carbons (Fsp3) is 0.500. The molecule has 164 valence electrons. The number of amides is 2. The molecule has 0 spiro atoms. The van der Waals surface area contributed by atoms with Gasteiger partial charge in [-0.25, -0.2) is 0 Å². The normalized spacial score (nSPS) is 17.2. The van der Waals surface area contributed by atoms with Crippen molar-refractivity contribution < 1.29 is 9.59 Å². The Morgan fingerprint density at radius 3 is 2.60 bits per heavy atom. The molecule has 1 fully saturated rings. The number of benzene rings is 2. The number of nitrogens with one attached hydrogen (secondary N) is 3. The predicted octanol–water partition coefficient (Wildman–Crippen LogP) is 3.45. The maximum absolute atomic E-state index is 12.6. The van der Waals surface area contributed by atoms with Crippen LogP contribution in [0.5, 0.6) is 0 Å². The van der Waals surface area contributed by atoms with E-state index in [4.69, 9.17) is 0 Å². The second-order valence-corrected chi connectivity index (χ2v) is 8.44. The van der Waals surface area contributed by atoms with Crippen molar-refractivity contribution in [1.29, 1.82) is 0 Å². The molecule has 2 amide bonds. The van der Waals surface area contributed by atoms with Crippen LogP contribution in [0.25, 0.3) is 10.8 Å². The SMILES string of the molecule is CC(C)C(NC(=O)Cc1ccc2ccccc2c1)C(=O)NCCC1CCCNC1.Cl. The van der Waals surface area contributed by atoms with Crippen molar-refractivity contribution >= 4 is 35.0 Å². The van der Waals surface area contributed by atoms with Gasteiger partial charge in [0.2, 0.25) is 11.8 Å². The molecule has 0 aliphatic carbocycles. The van der Waals surface area contributed by atoms with Gasteiger partial charge in [-0.3, -0.25) is 9.59 Å². The standard InChI is InChI=1S/C24H33N3O2.ClH/c1-17(2)23(24(29)26-13-11-18-6-5-12-25-16-18)27-22(28)15-19-9-10-20-7-3-4-8-21(20)14-19;/h3-4,7-10,14,17-18,23,25H,5-6,11-13,15-16H2,1-2H3,(H,26,29)(H,27,28);1H. The van der Waals surface area contributed by atoms with Gasteiger partial charge in [-0.2, -0.15) is 0 Å². The number of carbonyl (C=O) groups is 2. The molecule has 0 aromatic heterocycles. The molecule has 3 N–H and O–H groups in total. The Bertz CT molecular complexity index is 834. The van der Waals surface area contributed by atoms with E-state index in [1.807, 2.05) is 50.2 Å². The Kier molecular flexibility index (Phi) is 9.60. The molecule has 2 unspecified atom stereocenters. The van der Waals surface area contributed by atoms with Crippen LogP contribution in [0.2, 0.25) is 0 Å². The minimum atomic E-state index is -0.507. The zero-order valence-corrected chi connectivity index (χ0v) is 18.8. The van der Waals surface area contributed by atoms with Crippen molar-refractivity contribution in [3.8, 4) is 0 Å². The van der Waals surface area contributed by atoms with Gasteiger partial charge in [-0.15, -0.1) is 12.4 Å². The highest BCUT2D eigenvalue weighted by molar-refractivity contribution is 5.89. The summed E-state index contributed by atoms with van der Waals surface area (Å²) in [7, 11) is 0. The van der Waals surface area contributed by atoms with Crippen LogP contribution < -0.4 is 16.0 Å². The second-order valence-electron chi connectivity index (χ2n) is 8.44. The minimum Gasteiger partial charge on any atom is -0.354 e. The van der Waals surface area contributed by atoms with Crippen LogP contribution in [0.4, 0.5) is 0 Å². The van der Waals surface area contributed by atoms with Crippen LogP contribution >= 0.6 is 12.4 Å². The molecule has 0 bridgehead atoms. The lowest BCUT2D eigenvalue weighted by Crippen LogP contribution is -2.50. The first-order valence-corrected chi connectivity index (χ1v) is 10.8. The Hall–Kier alpha value is -2.11. The maximum atomic E-state index is 12.6. The molecular weight excluding hydrogens is 398 g/mol. The lowest BCUT2D eigenvalue weighted by Gasteiger charge is -2.24. The third-order valence-electron chi connectivity index (χ3n) is 5.69. The third kappa shape index (κ3) is 6.99. The Morgan fingerprint density at radius 1 is 1.13 bits per heavy atom. The highest BCUT2D eigenvalue weighted by atomic mass is 35.5. The van der Waals surface area contributed by atoms with E-state index in [9.17, 15) is 9.59 Å². The highest BCUT2D eigenvalue weighted by Gasteiger charge is 2.24. The summed E-state index contributed by atoms with van der Waals surface area (Å²) in [5.74, 6) is 0.456. The number of fused-ring (bicyclic) bond motifs is 1. The van der Waals surface area contributed by atoms with Crippen LogP contribution in [0, 0.1) is 11.8 Å². The summed E-state index contributed by atoms with van der Waals surface area (Å²) in [5.41, 5.74) is 0.953. The maximum Gasteiger partial charge on any atom is 0.242 e. The predicted molar refractivity (Wildman–Crippen MR) is 125 cm³/mol. The van der Waals surface area contributed by atoms with Crippen LogP contribution in [0.15, 0.2) is 42.5 Å². The van der Waals surface area contributed by atoms with Gasteiger partial charge < -0.3 is 16.0 Å². The minimum absolute atomic E-state index is 0. The fourth-order valence-corrected chi connectivity index (χ4v) is 3.97. The number of hydrogen-bond acceptors (Lipinski definition) is 3. The molecule has 6 heteroatoms. The summed E-state index contributed by atoms with van der Waals surface area (Å²) in [6.07, 6.45) is 3.68. The summed E-state index contributed by atoms with van der Waals surface area (Å²) >= 11 is 0. The summed E-state index contributed by atoms with van der Waals surface area (Å²) in [6, 6.07) is 13.6. The van der Waals surface area contributed by atoms with E-state index < -0.39 is 6.04 Å². The molecule has 1 heterocycles. The Labute approximate surface area is 185 Å². The zero-order valence-electron chi connectivity index (χ0n) is 17.9. The fourth-order valence-electron chi connectivity index (χ4n) is 3.97. The van der Waals surface area contributed by atoms with Gasteiger partial charge in [0, 0.05) is 6.54 Å². The van der Waals surface area contributed by atoms with Gasteiger partial charge in [-0.05, 0) is 60.5 Å². The van der Waals surface area contributed by atoms with Gasteiger partial charge >= 0.3 is 0 Å². The van der Waals surface area contributed by atoms with Crippen molar-refractivity contribution in [1.82, 2.24) is 16.0 Å². The van der Waals surface area contributed by atoms with Crippen molar-refractivity contribution in [3.05, 3.63) is 48.0 Å². The van der Waals surface area contributed by atoms with Crippen molar-refractivity contribution in [3.63, 3.8) is 0 Å². The van der Waals surface area contributed by atoms with E-state index in [1.165, 1.54) is 12.8 Å². The van der Waals surface area contributed by atoms with E-state index in [0.29, 0.717) is 12.5 Å². The van der Waals surface area contributed by atoms with E-state index in [2.05, 4.69) is 22.0 Å². The molecule has 30 heavy (non-hydrogen) atoms. The number of hydrogen-bond donors (Lipinski definition) is 3. The topological polar surface area (TPSA) is 70.2 Å². The summed E-state index contributed by atoms with van der Waals surface area (Å²) in [6.45, 7) is 6.72. The van der Waals surface area contributed by atoms with E-state index in [-0.39, 0.29) is 36.6 Å². The molecule has 5 nitrogen and oxygen atoms in total. The highest BCUT2D eigenvalue weighted by Crippen LogP contribution is 2.16. The molecular formula is C24H34ClN3O2. The van der Waals surface area contributed by atoms with E-state index in [0.717, 1.165) is 35.8 Å². The first kappa shape index (κ1) is 24.2. The number of piperidine rings is 1. The molecule has 2 atom stereocenters. The third-order valence-corrected chi connectivity index (χ3v) is 5.69. The molecule has 1 saturated heterocycles. The zero-order chi connectivity index (χ0) is 20.6. The first-order valence-electron chi connectivity index (χ1n) is 10.8. The Morgan fingerprint density at radius 2 is 1.90 bits per heavy atom. The van der Waals surface area contributed by atoms with E-state index >= 15 is 0 Å². The Balaban J connectivity index is 0.00000320. The number of carbonyl (C=O) groups excluding carboxylic acids is 2. The lowest BCUT2D eigenvalue weighted by molar-refractivity contribution is -0.129. The van der Waals surface area contributed by atoms with Crippen LogP contribution in [0.1, 0.15) is 38.7 Å². The summed E-state index contributed by atoms with van der Waals surface area (Å²) < 4.78 is 0. The number of rotatable bonds is 8. The lowest BCUT2D eigenvalue weighted by atomic mass is 9.96. The molecule has 0 radical (unpaired) electrons.